The first-order valence-corrected chi connectivity index (χ1v) is 7.23. The van der Waals surface area contributed by atoms with Crippen molar-refractivity contribution in [3.63, 3.8) is 0 Å². The Kier molecular flexibility index (Phi) is 5.25. The number of methoxy groups -OCH3 is 1. The molecule has 0 heterocycles. The van der Waals surface area contributed by atoms with Crippen LogP contribution in [0.4, 0.5) is 17.1 Å². The number of ether oxygens (including phenoxy) is 1. The van der Waals surface area contributed by atoms with E-state index in [4.69, 9.17) is 10.5 Å². The van der Waals surface area contributed by atoms with E-state index in [1.165, 1.54) is 0 Å². The molecule has 5 heteroatoms. The summed E-state index contributed by atoms with van der Waals surface area (Å²) in [7, 11) is 1.63. The van der Waals surface area contributed by atoms with Crippen LogP contribution in [0.15, 0.2) is 42.5 Å². The number of nitrogens with one attached hydrogen (secondary N) is 2. The highest BCUT2D eigenvalue weighted by Crippen LogP contribution is 2.25. The molecule has 0 fully saturated rings. The molecule has 0 atom stereocenters. The predicted molar refractivity (Wildman–Crippen MR) is 89.8 cm³/mol. The van der Waals surface area contributed by atoms with Gasteiger partial charge >= 0.3 is 0 Å². The number of carbonyl (C=O) groups is 1. The third kappa shape index (κ3) is 3.91. The highest BCUT2D eigenvalue weighted by molar-refractivity contribution is 5.96. The minimum Gasteiger partial charge on any atom is -0.497 e. The van der Waals surface area contributed by atoms with Crippen LogP contribution in [0.5, 0.6) is 5.75 Å². The second kappa shape index (κ2) is 7.36. The van der Waals surface area contributed by atoms with Gasteiger partial charge in [0.15, 0.2) is 0 Å². The molecule has 0 aliphatic heterocycles. The molecular formula is C17H21N3O2. The molecule has 0 saturated heterocycles. The normalized spacial score (nSPS) is 10.1. The Morgan fingerprint density at radius 1 is 1.18 bits per heavy atom. The van der Waals surface area contributed by atoms with Gasteiger partial charge in [-0.2, -0.15) is 0 Å². The summed E-state index contributed by atoms with van der Waals surface area (Å²) in [5.74, 6) is 0.686. The third-order valence-corrected chi connectivity index (χ3v) is 3.22. The van der Waals surface area contributed by atoms with Gasteiger partial charge in [0.05, 0.1) is 18.5 Å². The Bertz CT molecular complexity index is 639. The van der Waals surface area contributed by atoms with Crippen molar-refractivity contribution in [1.82, 2.24) is 5.32 Å². The SMILES string of the molecule is CCCNC(=O)c1ccc(Nc2ccc(OC)cc2)c(N)c1. The Hall–Kier alpha value is -2.69. The molecule has 2 rings (SSSR count). The van der Waals surface area contributed by atoms with Crippen LogP contribution in [0, 0.1) is 0 Å². The Morgan fingerprint density at radius 2 is 1.91 bits per heavy atom. The summed E-state index contributed by atoms with van der Waals surface area (Å²) < 4.78 is 5.12. The van der Waals surface area contributed by atoms with Crippen LogP contribution in [0.25, 0.3) is 0 Å². The number of amides is 1. The number of anilines is 3. The van der Waals surface area contributed by atoms with Crippen molar-refractivity contribution in [2.45, 2.75) is 13.3 Å². The molecule has 0 aromatic heterocycles. The number of carbonyl (C=O) groups excluding carboxylic acids is 1. The fourth-order valence-corrected chi connectivity index (χ4v) is 1.99. The number of hydrogen-bond donors (Lipinski definition) is 3. The highest BCUT2D eigenvalue weighted by Gasteiger charge is 2.07. The Labute approximate surface area is 130 Å². The van der Waals surface area contributed by atoms with E-state index in [1.54, 1.807) is 25.3 Å². The van der Waals surface area contributed by atoms with E-state index in [2.05, 4.69) is 10.6 Å². The van der Waals surface area contributed by atoms with Gasteiger partial charge in [-0.25, -0.2) is 0 Å². The standard InChI is InChI=1S/C17H21N3O2/c1-3-10-19-17(21)12-4-9-16(15(18)11-12)20-13-5-7-14(22-2)8-6-13/h4-9,11,20H,3,10,18H2,1-2H3,(H,19,21). The molecule has 4 N–H and O–H groups in total. The van der Waals surface area contributed by atoms with Crippen LogP contribution in [0.2, 0.25) is 0 Å². The van der Waals surface area contributed by atoms with E-state index >= 15 is 0 Å². The molecule has 5 nitrogen and oxygen atoms in total. The van der Waals surface area contributed by atoms with E-state index in [0.29, 0.717) is 17.8 Å². The van der Waals surface area contributed by atoms with Gasteiger partial charge in [0.25, 0.3) is 5.91 Å². The lowest BCUT2D eigenvalue weighted by molar-refractivity contribution is 0.0953. The zero-order valence-electron chi connectivity index (χ0n) is 12.8. The summed E-state index contributed by atoms with van der Waals surface area (Å²) in [5, 5.41) is 6.05. The van der Waals surface area contributed by atoms with E-state index < -0.39 is 0 Å². The molecule has 0 spiro atoms. The molecule has 2 aromatic rings. The molecule has 1 amide bonds. The maximum atomic E-state index is 11.9. The quantitative estimate of drug-likeness (QED) is 0.716. The van der Waals surface area contributed by atoms with Gasteiger partial charge in [-0.05, 0) is 48.9 Å². The number of nitrogens with two attached hydrogens (primary N) is 1. The van der Waals surface area contributed by atoms with Gasteiger partial charge in [0.2, 0.25) is 0 Å². The van der Waals surface area contributed by atoms with Gasteiger partial charge in [-0.15, -0.1) is 0 Å². The first-order chi connectivity index (χ1) is 10.6. The van der Waals surface area contributed by atoms with Crippen LogP contribution >= 0.6 is 0 Å². The van der Waals surface area contributed by atoms with Crippen LogP contribution < -0.4 is 21.1 Å². The van der Waals surface area contributed by atoms with E-state index in [9.17, 15) is 4.79 Å². The fraction of sp³-hybridized carbons (Fsp3) is 0.235. The topological polar surface area (TPSA) is 76.4 Å². The maximum absolute atomic E-state index is 11.9. The van der Waals surface area contributed by atoms with Crippen LogP contribution in [0.3, 0.4) is 0 Å². The molecule has 0 radical (unpaired) electrons. The fourth-order valence-electron chi connectivity index (χ4n) is 1.99. The van der Waals surface area contributed by atoms with Gasteiger partial charge in [-0.3, -0.25) is 4.79 Å². The summed E-state index contributed by atoms with van der Waals surface area (Å²) in [6.45, 7) is 2.67. The third-order valence-electron chi connectivity index (χ3n) is 3.22. The van der Waals surface area contributed by atoms with Crippen molar-refractivity contribution in [3.05, 3.63) is 48.0 Å². The molecule has 0 aliphatic carbocycles. The molecular weight excluding hydrogens is 278 g/mol. The van der Waals surface area contributed by atoms with Gasteiger partial charge in [-0.1, -0.05) is 6.92 Å². The second-order valence-electron chi connectivity index (χ2n) is 4.91. The lowest BCUT2D eigenvalue weighted by atomic mass is 10.1. The van der Waals surface area contributed by atoms with Crippen molar-refractivity contribution in [1.29, 1.82) is 0 Å². The first-order valence-electron chi connectivity index (χ1n) is 7.23. The molecule has 0 unspecified atom stereocenters. The van der Waals surface area contributed by atoms with Crippen molar-refractivity contribution < 1.29 is 9.53 Å². The minimum absolute atomic E-state index is 0.107. The van der Waals surface area contributed by atoms with Crippen molar-refractivity contribution >= 4 is 23.0 Å². The van der Waals surface area contributed by atoms with Crippen molar-refractivity contribution in [2.75, 3.05) is 24.7 Å². The monoisotopic (exact) mass is 299 g/mol. The lowest BCUT2D eigenvalue weighted by Crippen LogP contribution is -2.24. The smallest absolute Gasteiger partial charge is 0.251 e. The average molecular weight is 299 g/mol. The number of rotatable bonds is 6. The maximum Gasteiger partial charge on any atom is 0.251 e. The van der Waals surface area contributed by atoms with Gasteiger partial charge in [0, 0.05) is 17.8 Å². The van der Waals surface area contributed by atoms with Crippen LogP contribution in [-0.2, 0) is 0 Å². The van der Waals surface area contributed by atoms with Crippen molar-refractivity contribution in [2.24, 2.45) is 0 Å². The summed E-state index contributed by atoms with van der Waals surface area (Å²) in [6.07, 6.45) is 0.901. The van der Waals surface area contributed by atoms with Crippen molar-refractivity contribution in [3.8, 4) is 5.75 Å². The van der Waals surface area contributed by atoms with Crippen LogP contribution in [0.1, 0.15) is 23.7 Å². The lowest BCUT2D eigenvalue weighted by Gasteiger charge is -2.11. The zero-order valence-corrected chi connectivity index (χ0v) is 12.8. The highest BCUT2D eigenvalue weighted by atomic mass is 16.5. The summed E-state index contributed by atoms with van der Waals surface area (Å²) in [6, 6.07) is 12.8. The van der Waals surface area contributed by atoms with E-state index in [0.717, 1.165) is 23.5 Å². The van der Waals surface area contributed by atoms with Gasteiger partial charge < -0.3 is 21.1 Å². The van der Waals surface area contributed by atoms with Gasteiger partial charge in [0.1, 0.15) is 5.75 Å². The predicted octanol–water partition coefficient (Wildman–Crippen LogP) is 3.16. The first kappa shape index (κ1) is 15.7. The molecule has 2 aromatic carbocycles. The van der Waals surface area contributed by atoms with E-state index in [-0.39, 0.29) is 5.91 Å². The number of hydrogen-bond acceptors (Lipinski definition) is 4. The molecule has 0 saturated carbocycles. The molecule has 116 valence electrons. The second-order valence-corrected chi connectivity index (χ2v) is 4.91. The number of nitrogen functional groups attached to an aromatic ring is 1. The summed E-state index contributed by atoms with van der Waals surface area (Å²) in [5.41, 5.74) is 8.77. The molecule has 22 heavy (non-hydrogen) atoms. The molecule has 0 bridgehead atoms. The van der Waals surface area contributed by atoms with Crippen LogP contribution in [-0.4, -0.2) is 19.6 Å². The summed E-state index contributed by atoms with van der Waals surface area (Å²) in [4.78, 5) is 11.9. The average Bonchev–Trinajstić information content (AvgIpc) is 2.55. The Morgan fingerprint density at radius 3 is 2.50 bits per heavy atom. The number of benzene rings is 2. The van der Waals surface area contributed by atoms with E-state index in [1.807, 2.05) is 31.2 Å². The molecule has 0 aliphatic rings. The zero-order chi connectivity index (χ0) is 15.9. The Balaban J connectivity index is 2.10. The largest absolute Gasteiger partial charge is 0.497 e. The summed E-state index contributed by atoms with van der Waals surface area (Å²) >= 11 is 0. The minimum atomic E-state index is -0.107.